The molecule has 0 bridgehead atoms. The van der Waals surface area contributed by atoms with Gasteiger partial charge in [-0.15, -0.1) is 6.58 Å². The fraction of sp³-hybridized carbons (Fsp3) is 0.214. The molecule has 1 rings (SSSR count). The van der Waals surface area contributed by atoms with Crippen molar-refractivity contribution in [3.05, 3.63) is 69.3 Å². The van der Waals surface area contributed by atoms with E-state index in [9.17, 15) is 10.1 Å². The van der Waals surface area contributed by atoms with Gasteiger partial charge in [-0.2, -0.15) is 12.2 Å². The van der Waals surface area contributed by atoms with Crippen molar-refractivity contribution in [1.29, 1.82) is 0 Å². The fourth-order valence-electron chi connectivity index (χ4n) is 1.77. The molecule has 17 heavy (non-hydrogen) atoms. The summed E-state index contributed by atoms with van der Waals surface area (Å²) in [5.41, 5.74) is 4.54. The quantitative estimate of drug-likeness (QED) is 0.450. The largest absolute Gasteiger partial charge is 0.260 e. The molecule has 0 aromatic heterocycles. The topological polar surface area (TPSA) is 43.1 Å². The lowest BCUT2D eigenvalue weighted by molar-refractivity contribution is -0.420. The number of allylic oxidation sites excluding steroid dienone is 1. The van der Waals surface area contributed by atoms with Crippen LogP contribution in [0.15, 0.2) is 30.5 Å². The first kappa shape index (κ1) is 13.0. The van der Waals surface area contributed by atoms with E-state index in [1.807, 2.05) is 26.8 Å². The number of nitro groups is 1. The van der Waals surface area contributed by atoms with Crippen LogP contribution in [0, 0.1) is 37.3 Å². The summed E-state index contributed by atoms with van der Waals surface area (Å²) in [5.74, 6) is 0. The van der Waals surface area contributed by atoms with Gasteiger partial charge < -0.3 is 0 Å². The van der Waals surface area contributed by atoms with Crippen LogP contribution in [-0.4, -0.2) is 4.92 Å². The van der Waals surface area contributed by atoms with E-state index in [0.717, 1.165) is 5.56 Å². The molecule has 1 aromatic carbocycles. The Balaban J connectivity index is 2.85. The van der Waals surface area contributed by atoms with Crippen molar-refractivity contribution in [3.63, 3.8) is 0 Å². The maximum Gasteiger partial charge on any atom is 0.160 e. The molecule has 0 aliphatic heterocycles. The van der Waals surface area contributed by atoms with Crippen LogP contribution in [0.2, 0.25) is 0 Å². The molecule has 0 aliphatic carbocycles. The maximum atomic E-state index is 10.4. The summed E-state index contributed by atoms with van der Waals surface area (Å²) < 4.78 is 0. The molecule has 0 amide bonds. The highest BCUT2D eigenvalue weighted by atomic mass is 16.6. The van der Waals surface area contributed by atoms with Gasteiger partial charge in [-0.25, -0.2) is 0 Å². The minimum Gasteiger partial charge on any atom is -0.260 e. The second-order valence-corrected chi connectivity index (χ2v) is 4.09. The van der Waals surface area contributed by atoms with Crippen LogP contribution in [-0.2, 0) is 0 Å². The van der Waals surface area contributed by atoms with Gasteiger partial charge in [0.05, 0.1) is 0 Å². The minimum atomic E-state index is -0.501. The van der Waals surface area contributed by atoms with Crippen molar-refractivity contribution in [1.82, 2.24) is 0 Å². The molecule has 0 N–H and O–H groups in total. The molecule has 0 saturated carbocycles. The lowest BCUT2D eigenvalue weighted by Crippen LogP contribution is -1.95. The van der Waals surface area contributed by atoms with Crippen molar-refractivity contribution in [2.45, 2.75) is 20.8 Å². The highest BCUT2D eigenvalue weighted by molar-refractivity contribution is 5.59. The zero-order valence-corrected chi connectivity index (χ0v) is 10.4. The molecule has 0 heterocycles. The lowest BCUT2D eigenvalue weighted by atomic mass is 9.99. The highest BCUT2D eigenvalue weighted by Gasteiger charge is 1.98. The zero-order chi connectivity index (χ0) is 13.0. The van der Waals surface area contributed by atoms with Gasteiger partial charge in [-0.3, -0.25) is 10.1 Å². The summed E-state index contributed by atoms with van der Waals surface area (Å²) in [6.07, 6.45) is 4.94. The molecule has 0 atom stereocenters. The normalized spacial score (nSPS) is 10.5. The molecule has 0 radical (unpaired) electrons. The van der Waals surface area contributed by atoms with E-state index in [1.54, 1.807) is 6.08 Å². The number of benzene rings is 1. The van der Waals surface area contributed by atoms with Gasteiger partial charge in [-0.05, 0) is 20.8 Å². The summed E-state index contributed by atoms with van der Waals surface area (Å²) in [4.78, 5) is 9.86. The van der Waals surface area contributed by atoms with E-state index < -0.39 is 4.92 Å². The first-order chi connectivity index (χ1) is 7.91. The molecule has 0 aliphatic rings. The Hall–Kier alpha value is -2.03. The summed E-state index contributed by atoms with van der Waals surface area (Å²) in [6.45, 7) is 9.45. The molecule has 3 nitrogen and oxygen atoms in total. The molecule has 1 aromatic rings. The number of hydrogen-bond donors (Lipinski definition) is 0. The average molecular weight is 230 g/mol. The Kier molecular flexibility index (Phi) is 4.10. The monoisotopic (exact) mass is 230 g/mol. The highest BCUT2D eigenvalue weighted by Crippen LogP contribution is 2.18. The zero-order valence-electron chi connectivity index (χ0n) is 10.4. The lowest BCUT2D eigenvalue weighted by Gasteiger charge is -2.09. The Morgan fingerprint density at radius 3 is 2.35 bits per heavy atom. The maximum absolute atomic E-state index is 10.4. The van der Waals surface area contributed by atoms with Crippen LogP contribution >= 0.6 is 0 Å². The Morgan fingerprint density at radius 1 is 1.35 bits per heavy atom. The molecule has 0 saturated heterocycles. The van der Waals surface area contributed by atoms with Gasteiger partial charge >= 0.3 is 0 Å². The van der Waals surface area contributed by atoms with Crippen LogP contribution in [0.3, 0.4) is 0 Å². The van der Waals surface area contributed by atoms with Crippen molar-refractivity contribution >= 4 is 6.08 Å². The van der Waals surface area contributed by atoms with E-state index in [4.69, 9.17) is 0 Å². The van der Waals surface area contributed by atoms with Gasteiger partial charge in [0, 0.05) is 4.92 Å². The van der Waals surface area contributed by atoms with Gasteiger partial charge in [0.15, 0.2) is 5.70 Å². The van der Waals surface area contributed by atoms with Crippen LogP contribution in [0.1, 0.15) is 22.3 Å². The van der Waals surface area contributed by atoms with Crippen molar-refractivity contribution in [3.8, 4) is 0 Å². The van der Waals surface area contributed by atoms with E-state index in [2.05, 4.69) is 18.7 Å². The van der Waals surface area contributed by atoms with E-state index in [0.29, 0.717) is 0 Å². The standard InChI is InChI=1S/C14H16NO2/c1-10-8-11(2)14(12(3)9-10)7-5-6-13(4)15(16)17/h5-9H,4H2,1-3H3/q-1/b7-5+. The first-order valence-corrected chi connectivity index (χ1v) is 5.34. The third-order valence-electron chi connectivity index (χ3n) is 2.52. The summed E-state index contributed by atoms with van der Waals surface area (Å²) in [6, 6.07) is 4.18. The number of aryl methyl sites for hydroxylation is 3. The first-order valence-electron chi connectivity index (χ1n) is 5.34. The Bertz CT molecular complexity index is 464. The number of hydrogen-bond acceptors (Lipinski definition) is 2. The predicted molar refractivity (Wildman–Crippen MR) is 70.1 cm³/mol. The van der Waals surface area contributed by atoms with Gasteiger partial charge in [0.25, 0.3) is 0 Å². The van der Waals surface area contributed by atoms with Crippen molar-refractivity contribution in [2.75, 3.05) is 0 Å². The molecule has 0 unspecified atom stereocenters. The van der Waals surface area contributed by atoms with Crippen LogP contribution in [0.4, 0.5) is 0 Å². The van der Waals surface area contributed by atoms with Crippen molar-refractivity contribution < 1.29 is 4.92 Å². The number of nitrogens with zero attached hydrogens (tertiary/aromatic N) is 1. The summed E-state index contributed by atoms with van der Waals surface area (Å²) in [7, 11) is 0. The van der Waals surface area contributed by atoms with Crippen LogP contribution in [0.5, 0.6) is 0 Å². The molecule has 0 spiro atoms. The SMILES string of the molecule is C=C([CH-]/C=C/c1c(C)cc(C)cc1C)[N+](=O)[O-]. The fourth-order valence-corrected chi connectivity index (χ4v) is 1.77. The van der Waals surface area contributed by atoms with E-state index in [-0.39, 0.29) is 5.70 Å². The van der Waals surface area contributed by atoms with Gasteiger partial charge in [0.2, 0.25) is 0 Å². The van der Waals surface area contributed by atoms with Gasteiger partial charge in [0.1, 0.15) is 0 Å². The molecular formula is C14H16NO2-. The molecule has 3 heteroatoms. The smallest absolute Gasteiger partial charge is 0.160 e. The Morgan fingerprint density at radius 2 is 1.88 bits per heavy atom. The second-order valence-electron chi connectivity index (χ2n) is 4.09. The molecule has 0 fully saturated rings. The Labute approximate surface area is 102 Å². The third-order valence-corrected chi connectivity index (χ3v) is 2.52. The number of rotatable bonds is 4. The minimum absolute atomic E-state index is 0.108. The van der Waals surface area contributed by atoms with E-state index in [1.165, 1.54) is 23.1 Å². The van der Waals surface area contributed by atoms with Crippen LogP contribution < -0.4 is 0 Å². The third kappa shape index (κ3) is 3.48. The molecule has 90 valence electrons. The summed E-state index contributed by atoms with van der Waals surface area (Å²) >= 11 is 0. The second kappa shape index (κ2) is 5.34. The van der Waals surface area contributed by atoms with Crippen molar-refractivity contribution in [2.24, 2.45) is 0 Å². The predicted octanol–water partition coefficient (Wildman–Crippen LogP) is 3.62. The summed E-state index contributed by atoms with van der Waals surface area (Å²) in [5, 5.41) is 10.4. The van der Waals surface area contributed by atoms with Crippen LogP contribution in [0.25, 0.3) is 6.08 Å². The average Bonchev–Trinajstić information content (AvgIpc) is 2.21. The van der Waals surface area contributed by atoms with Gasteiger partial charge in [-0.1, -0.05) is 40.8 Å². The molecular weight excluding hydrogens is 214 g/mol. The van der Waals surface area contributed by atoms with E-state index >= 15 is 0 Å².